The van der Waals surface area contributed by atoms with E-state index in [1.807, 2.05) is 24.3 Å². The van der Waals surface area contributed by atoms with E-state index < -0.39 is 0 Å². The highest BCUT2D eigenvalue weighted by molar-refractivity contribution is 9.10. The number of carbonyl (C=O) groups is 1. The summed E-state index contributed by atoms with van der Waals surface area (Å²) in [5.74, 6) is 0.386. The van der Waals surface area contributed by atoms with Crippen LogP contribution in [0.25, 0.3) is 0 Å². The lowest BCUT2D eigenvalue weighted by Gasteiger charge is -2.10. The summed E-state index contributed by atoms with van der Waals surface area (Å²) < 4.78 is 1.74. The van der Waals surface area contributed by atoms with Crippen molar-refractivity contribution in [1.29, 1.82) is 0 Å². The SMILES string of the molecule is CNc1ncc(Br)cc1C(=O)NCc1ccccc1Br. The molecule has 1 amide bonds. The van der Waals surface area contributed by atoms with Gasteiger partial charge in [-0.3, -0.25) is 4.79 Å². The second kappa shape index (κ2) is 6.85. The number of rotatable bonds is 4. The molecule has 0 atom stereocenters. The van der Waals surface area contributed by atoms with Crippen LogP contribution < -0.4 is 10.6 Å². The number of halogens is 2. The number of benzene rings is 1. The Morgan fingerprint density at radius 2 is 2.05 bits per heavy atom. The van der Waals surface area contributed by atoms with Crippen LogP contribution >= 0.6 is 31.9 Å². The molecule has 4 nitrogen and oxygen atoms in total. The van der Waals surface area contributed by atoms with E-state index in [0.29, 0.717) is 17.9 Å². The molecule has 0 spiro atoms. The van der Waals surface area contributed by atoms with E-state index in [1.165, 1.54) is 0 Å². The van der Waals surface area contributed by atoms with Crippen molar-refractivity contribution < 1.29 is 4.79 Å². The van der Waals surface area contributed by atoms with Gasteiger partial charge in [0.05, 0.1) is 5.56 Å². The fraction of sp³-hybridized carbons (Fsp3) is 0.143. The summed E-state index contributed by atoms with van der Waals surface area (Å²) in [6.07, 6.45) is 1.65. The maximum absolute atomic E-state index is 12.2. The molecule has 0 aliphatic rings. The molecule has 0 aliphatic heterocycles. The van der Waals surface area contributed by atoms with Gasteiger partial charge in [-0.1, -0.05) is 34.1 Å². The molecule has 0 saturated carbocycles. The predicted molar refractivity (Wildman–Crippen MR) is 86.8 cm³/mol. The first-order chi connectivity index (χ1) is 9.61. The number of pyridine rings is 1. The van der Waals surface area contributed by atoms with Gasteiger partial charge in [-0.05, 0) is 33.6 Å². The predicted octanol–water partition coefficient (Wildman–Crippen LogP) is 3.58. The van der Waals surface area contributed by atoms with E-state index in [0.717, 1.165) is 14.5 Å². The number of carbonyl (C=O) groups excluding carboxylic acids is 1. The topological polar surface area (TPSA) is 54.0 Å². The van der Waals surface area contributed by atoms with Gasteiger partial charge in [-0.25, -0.2) is 4.98 Å². The molecule has 6 heteroatoms. The molecule has 1 aromatic carbocycles. The van der Waals surface area contributed by atoms with Crippen LogP contribution in [0.3, 0.4) is 0 Å². The van der Waals surface area contributed by atoms with Gasteiger partial charge in [-0.15, -0.1) is 0 Å². The highest BCUT2D eigenvalue weighted by atomic mass is 79.9. The zero-order chi connectivity index (χ0) is 14.5. The summed E-state index contributed by atoms with van der Waals surface area (Å²) in [5.41, 5.74) is 1.53. The van der Waals surface area contributed by atoms with Crippen molar-refractivity contribution in [2.24, 2.45) is 0 Å². The van der Waals surface area contributed by atoms with E-state index in [-0.39, 0.29) is 5.91 Å². The van der Waals surface area contributed by atoms with Crippen molar-refractivity contribution in [2.45, 2.75) is 6.54 Å². The Morgan fingerprint density at radius 3 is 2.75 bits per heavy atom. The third-order valence-corrected chi connectivity index (χ3v) is 3.94. The Kier molecular flexibility index (Phi) is 5.14. The molecule has 2 rings (SSSR count). The van der Waals surface area contributed by atoms with Gasteiger partial charge in [0, 0.05) is 28.7 Å². The molecular formula is C14H13Br2N3O. The van der Waals surface area contributed by atoms with E-state index in [4.69, 9.17) is 0 Å². The number of nitrogens with zero attached hydrogens (tertiary/aromatic N) is 1. The first-order valence-electron chi connectivity index (χ1n) is 5.96. The van der Waals surface area contributed by atoms with Crippen molar-refractivity contribution in [1.82, 2.24) is 10.3 Å². The van der Waals surface area contributed by atoms with Crippen LogP contribution in [0.2, 0.25) is 0 Å². The lowest BCUT2D eigenvalue weighted by atomic mass is 10.2. The normalized spacial score (nSPS) is 10.2. The standard InChI is InChI=1S/C14H13Br2N3O/c1-17-13-11(6-10(15)8-18-13)14(20)19-7-9-4-2-3-5-12(9)16/h2-6,8H,7H2,1H3,(H,17,18)(H,19,20). The average molecular weight is 399 g/mol. The van der Waals surface area contributed by atoms with Crippen molar-refractivity contribution >= 4 is 43.6 Å². The van der Waals surface area contributed by atoms with E-state index in [9.17, 15) is 4.79 Å². The molecule has 1 heterocycles. The first-order valence-corrected chi connectivity index (χ1v) is 7.55. The van der Waals surface area contributed by atoms with Gasteiger partial charge >= 0.3 is 0 Å². The third kappa shape index (κ3) is 3.58. The number of amides is 1. The Morgan fingerprint density at radius 1 is 1.30 bits per heavy atom. The highest BCUT2D eigenvalue weighted by Crippen LogP contribution is 2.19. The minimum absolute atomic E-state index is 0.168. The Balaban J connectivity index is 2.13. The summed E-state index contributed by atoms with van der Waals surface area (Å²) >= 11 is 6.78. The van der Waals surface area contributed by atoms with Crippen molar-refractivity contribution in [3.05, 3.63) is 56.6 Å². The molecular weight excluding hydrogens is 386 g/mol. The fourth-order valence-corrected chi connectivity index (χ4v) is 2.48. The van der Waals surface area contributed by atoms with Gasteiger partial charge in [0.25, 0.3) is 5.91 Å². The van der Waals surface area contributed by atoms with E-state index in [2.05, 4.69) is 47.5 Å². The second-order valence-corrected chi connectivity index (χ2v) is 5.84. The quantitative estimate of drug-likeness (QED) is 0.827. The van der Waals surface area contributed by atoms with Gasteiger partial charge < -0.3 is 10.6 Å². The lowest BCUT2D eigenvalue weighted by molar-refractivity contribution is 0.0951. The van der Waals surface area contributed by atoms with Crippen molar-refractivity contribution in [2.75, 3.05) is 12.4 Å². The highest BCUT2D eigenvalue weighted by Gasteiger charge is 2.12. The smallest absolute Gasteiger partial charge is 0.255 e. The minimum atomic E-state index is -0.168. The fourth-order valence-electron chi connectivity index (χ4n) is 1.72. The van der Waals surface area contributed by atoms with Gasteiger partial charge in [0.15, 0.2) is 0 Å². The molecule has 1 aromatic heterocycles. The number of nitrogens with one attached hydrogen (secondary N) is 2. The molecule has 2 N–H and O–H groups in total. The molecule has 0 unspecified atom stereocenters. The van der Waals surface area contributed by atoms with Gasteiger partial charge in [-0.2, -0.15) is 0 Å². The summed E-state index contributed by atoms with van der Waals surface area (Å²) in [4.78, 5) is 16.4. The van der Waals surface area contributed by atoms with Gasteiger partial charge in [0.1, 0.15) is 5.82 Å². The van der Waals surface area contributed by atoms with E-state index >= 15 is 0 Å². The molecule has 104 valence electrons. The van der Waals surface area contributed by atoms with Crippen LogP contribution in [0, 0.1) is 0 Å². The Hall–Kier alpha value is -1.40. The first kappa shape index (κ1) is 15.0. The maximum atomic E-state index is 12.2. The maximum Gasteiger partial charge on any atom is 0.255 e. The molecule has 0 bridgehead atoms. The molecule has 20 heavy (non-hydrogen) atoms. The van der Waals surface area contributed by atoms with Crippen LogP contribution in [0.1, 0.15) is 15.9 Å². The number of hydrogen-bond acceptors (Lipinski definition) is 3. The molecule has 0 aliphatic carbocycles. The third-order valence-electron chi connectivity index (χ3n) is 2.73. The zero-order valence-corrected chi connectivity index (χ0v) is 14.0. The Bertz CT molecular complexity index is 632. The number of anilines is 1. The molecule has 2 aromatic rings. The number of hydrogen-bond donors (Lipinski definition) is 2. The molecule has 0 radical (unpaired) electrons. The van der Waals surface area contributed by atoms with Crippen LogP contribution in [0.5, 0.6) is 0 Å². The molecule has 0 fully saturated rings. The minimum Gasteiger partial charge on any atom is -0.372 e. The zero-order valence-electron chi connectivity index (χ0n) is 10.8. The van der Waals surface area contributed by atoms with Crippen LogP contribution in [0.15, 0.2) is 45.5 Å². The monoisotopic (exact) mass is 397 g/mol. The van der Waals surface area contributed by atoms with Crippen LogP contribution in [-0.4, -0.2) is 17.9 Å². The summed E-state index contributed by atoms with van der Waals surface area (Å²) in [6.45, 7) is 0.454. The average Bonchev–Trinajstić information content (AvgIpc) is 2.46. The second-order valence-electron chi connectivity index (χ2n) is 4.07. The number of aromatic nitrogens is 1. The van der Waals surface area contributed by atoms with Crippen molar-refractivity contribution in [3.8, 4) is 0 Å². The van der Waals surface area contributed by atoms with Gasteiger partial charge in [0.2, 0.25) is 0 Å². The summed E-state index contributed by atoms with van der Waals surface area (Å²) in [6, 6.07) is 9.52. The molecule has 0 saturated heterocycles. The summed E-state index contributed by atoms with van der Waals surface area (Å²) in [7, 11) is 1.74. The van der Waals surface area contributed by atoms with Crippen molar-refractivity contribution in [3.63, 3.8) is 0 Å². The summed E-state index contributed by atoms with van der Waals surface area (Å²) in [5, 5.41) is 5.80. The van der Waals surface area contributed by atoms with Crippen LogP contribution in [-0.2, 0) is 6.54 Å². The van der Waals surface area contributed by atoms with Crippen LogP contribution in [0.4, 0.5) is 5.82 Å². The van der Waals surface area contributed by atoms with E-state index in [1.54, 1.807) is 19.3 Å². The lowest BCUT2D eigenvalue weighted by Crippen LogP contribution is -2.24. The Labute approximate surface area is 134 Å². The largest absolute Gasteiger partial charge is 0.372 e.